The summed E-state index contributed by atoms with van der Waals surface area (Å²) in [7, 11) is 0. The number of H-pyrrole nitrogens is 1. The van der Waals surface area contributed by atoms with E-state index in [1.54, 1.807) is 6.20 Å². The number of carbonyl (C=O) groups excluding carboxylic acids is 1. The number of aromatic amines is 1. The lowest BCUT2D eigenvalue weighted by molar-refractivity contribution is 0.228. The number of nitrogens with zero attached hydrogens (tertiary/aromatic N) is 4. The van der Waals surface area contributed by atoms with E-state index >= 15 is 0 Å². The van der Waals surface area contributed by atoms with Crippen LogP contribution >= 0.6 is 0 Å². The van der Waals surface area contributed by atoms with Gasteiger partial charge in [-0.1, -0.05) is 13.0 Å². The van der Waals surface area contributed by atoms with Crippen LogP contribution in [-0.2, 0) is 19.3 Å². The lowest BCUT2D eigenvalue weighted by Gasteiger charge is -2.30. The number of benzene rings is 1. The number of nitrogens with one attached hydrogen (secondary N) is 5. The third-order valence-electron chi connectivity index (χ3n) is 6.92. The minimum absolute atomic E-state index is 0.0695. The highest BCUT2D eigenvalue weighted by Gasteiger charge is 2.26. The van der Waals surface area contributed by atoms with E-state index in [2.05, 4.69) is 54.4 Å². The molecule has 1 unspecified atom stereocenters. The zero-order valence-electron chi connectivity index (χ0n) is 20.3. The van der Waals surface area contributed by atoms with Crippen LogP contribution in [0.2, 0.25) is 0 Å². The van der Waals surface area contributed by atoms with Crippen molar-refractivity contribution in [2.45, 2.75) is 70.0 Å². The van der Waals surface area contributed by atoms with E-state index in [-0.39, 0.29) is 24.2 Å². The number of aryl methyl sites for hydroxylation is 1. The van der Waals surface area contributed by atoms with Crippen molar-refractivity contribution in [2.75, 3.05) is 10.6 Å². The molecule has 2 heterocycles. The van der Waals surface area contributed by atoms with E-state index in [1.807, 2.05) is 30.3 Å². The zero-order chi connectivity index (χ0) is 24.9. The summed E-state index contributed by atoms with van der Waals surface area (Å²) in [6, 6.07) is 12.1. The minimum Gasteiger partial charge on any atom is -0.351 e. The summed E-state index contributed by atoms with van der Waals surface area (Å²) >= 11 is 0. The van der Waals surface area contributed by atoms with Gasteiger partial charge in [0.25, 0.3) is 0 Å². The molecule has 0 aliphatic heterocycles. The molecule has 186 valence electrons. The van der Waals surface area contributed by atoms with E-state index in [4.69, 9.17) is 5.26 Å². The fourth-order valence-electron chi connectivity index (χ4n) is 5.00. The first-order chi connectivity index (χ1) is 17.6. The molecule has 2 amide bonds. The Balaban J connectivity index is 1.05. The molecule has 0 radical (unpaired) electrons. The first-order valence-electron chi connectivity index (χ1n) is 12.6. The Kier molecular flexibility index (Phi) is 6.98. The Morgan fingerprint density at radius 3 is 2.58 bits per heavy atom. The molecular formula is C26H31N9O. The molecule has 10 heteroatoms. The van der Waals surface area contributed by atoms with E-state index in [0.717, 1.165) is 62.0 Å². The van der Waals surface area contributed by atoms with Crippen molar-refractivity contribution in [3.63, 3.8) is 0 Å². The highest BCUT2D eigenvalue weighted by Crippen LogP contribution is 2.24. The van der Waals surface area contributed by atoms with Crippen LogP contribution in [0.15, 0.2) is 36.5 Å². The van der Waals surface area contributed by atoms with Crippen LogP contribution in [0.5, 0.6) is 0 Å². The van der Waals surface area contributed by atoms with E-state index in [1.165, 1.54) is 5.56 Å². The summed E-state index contributed by atoms with van der Waals surface area (Å²) in [6.07, 6.45) is 7.84. The average Bonchev–Trinajstić information content (AvgIpc) is 3.50. The number of urea groups is 1. The van der Waals surface area contributed by atoms with Crippen LogP contribution in [0.25, 0.3) is 0 Å². The SMILES string of the molecule is CCc1cc(Nc2ccnc(NC3CCC(NC(=O)NC4Cc5ccc(C#N)cc5C4)CC3)n2)n[nH]1. The summed E-state index contributed by atoms with van der Waals surface area (Å²) in [4.78, 5) is 21.5. The maximum Gasteiger partial charge on any atom is 0.315 e. The first kappa shape index (κ1) is 23.6. The Morgan fingerprint density at radius 1 is 1.03 bits per heavy atom. The van der Waals surface area contributed by atoms with Gasteiger partial charge in [-0.15, -0.1) is 0 Å². The molecule has 10 nitrogen and oxygen atoms in total. The van der Waals surface area contributed by atoms with Crippen molar-refractivity contribution in [1.29, 1.82) is 5.26 Å². The molecule has 5 rings (SSSR count). The van der Waals surface area contributed by atoms with E-state index in [9.17, 15) is 4.79 Å². The van der Waals surface area contributed by atoms with Gasteiger partial charge in [0, 0.05) is 36.1 Å². The van der Waals surface area contributed by atoms with Crippen molar-refractivity contribution in [3.05, 3.63) is 58.9 Å². The summed E-state index contributed by atoms with van der Waals surface area (Å²) in [5, 5.41) is 29.2. The number of carbonyl (C=O) groups is 1. The molecule has 5 N–H and O–H groups in total. The number of nitriles is 1. The van der Waals surface area contributed by atoms with Crippen molar-refractivity contribution >= 4 is 23.6 Å². The summed E-state index contributed by atoms with van der Waals surface area (Å²) in [6.45, 7) is 2.07. The third kappa shape index (κ3) is 5.74. The predicted molar refractivity (Wildman–Crippen MR) is 137 cm³/mol. The molecule has 1 atom stereocenters. The van der Waals surface area contributed by atoms with Gasteiger partial charge in [-0.3, -0.25) is 5.10 Å². The fourth-order valence-corrected chi connectivity index (χ4v) is 5.00. The Bertz CT molecular complexity index is 1260. The molecule has 36 heavy (non-hydrogen) atoms. The van der Waals surface area contributed by atoms with Crippen molar-refractivity contribution in [1.82, 2.24) is 30.8 Å². The molecule has 3 aromatic rings. The predicted octanol–water partition coefficient (Wildman–Crippen LogP) is 3.57. The minimum atomic E-state index is -0.114. The Labute approximate surface area is 210 Å². The molecule has 1 saturated carbocycles. The average molecular weight is 486 g/mol. The molecule has 0 spiro atoms. The van der Waals surface area contributed by atoms with Gasteiger partial charge in [-0.25, -0.2) is 9.78 Å². The highest BCUT2D eigenvalue weighted by molar-refractivity contribution is 5.75. The second-order valence-corrected chi connectivity index (χ2v) is 9.53. The Morgan fingerprint density at radius 2 is 1.81 bits per heavy atom. The molecule has 1 fully saturated rings. The normalized spacial score (nSPS) is 20.7. The summed E-state index contributed by atoms with van der Waals surface area (Å²) in [5.41, 5.74) is 4.09. The zero-order valence-corrected chi connectivity index (χ0v) is 20.3. The van der Waals surface area contributed by atoms with Gasteiger partial charge < -0.3 is 21.3 Å². The standard InChI is InChI=1S/C26H31N9O/c1-2-19-14-24(35-34-19)32-23-9-10-28-25(33-23)29-20-5-7-21(8-6-20)30-26(36)31-22-12-17-4-3-16(15-27)11-18(17)13-22/h3-4,9-11,14,20-22H,2,5-8,12-13H2,1H3,(H2,30,31,36)(H3,28,29,32,33,34,35). The molecule has 0 bridgehead atoms. The molecule has 2 aliphatic carbocycles. The van der Waals surface area contributed by atoms with Gasteiger partial charge in [-0.05, 0) is 74.3 Å². The van der Waals surface area contributed by atoms with Crippen LogP contribution in [0.3, 0.4) is 0 Å². The summed E-state index contributed by atoms with van der Waals surface area (Å²) < 4.78 is 0. The monoisotopic (exact) mass is 485 g/mol. The number of hydrogen-bond donors (Lipinski definition) is 5. The summed E-state index contributed by atoms with van der Waals surface area (Å²) in [5.74, 6) is 2.00. The largest absolute Gasteiger partial charge is 0.351 e. The van der Waals surface area contributed by atoms with Crippen LogP contribution in [-0.4, -0.2) is 44.3 Å². The van der Waals surface area contributed by atoms with Gasteiger partial charge in [0.1, 0.15) is 5.82 Å². The van der Waals surface area contributed by atoms with Crippen molar-refractivity contribution in [2.24, 2.45) is 0 Å². The van der Waals surface area contributed by atoms with Crippen LogP contribution in [0.1, 0.15) is 55.0 Å². The van der Waals surface area contributed by atoms with Gasteiger partial charge >= 0.3 is 6.03 Å². The number of hydrogen-bond acceptors (Lipinski definition) is 7. The Hall–Kier alpha value is -4.13. The van der Waals surface area contributed by atoms with Crippen LogP contribution in [0.4, 0.5) is 22.4 Å². The quantitative estimate of drug-likeness (QED) is 0.344. The number of aromatic nitrogens is 4. The van der Waals surface area contributed by atoms with Gasteiger partial charge in [0.05, 0.1) is 11.6 Å². The maximum atomic E-state index is 12.6. The van der Waals surface area contributed by atoms with E-state index < -0.39 is 0 Å². The topological polar surface area (TPSA) is 143 Å². The molecule has 0 saturated heterocycles. The van der Waals surface area contributed by atoms with Crippen LogP contribution in [0, 0.1) is 11.3 Å². The molecule has 2 aliphatic rings. The lowest BCUT2D eigenvalue weighted by Crippen LogP contribution is -2.48. The van der Waals surface area contributed by atoms with E-state index in [0.29, 0.717) is 17.3 Å². The van der Waals surface area contributed by atoms with Gasteiger partial charge in [-0.2, -0.15) is 15.3 Å². The van der Waals surface area contributed by atoms with Crippen LogP contribution < -0.4 is 21.3 Å². The fraction of sp³-hybridized carbons (Fsp3) is 0.423. The highest BCUT2D eigenvalue weighted by atomic mass is 16.2. The second-order valence-electron chi connectivity index (χ2n) is 9.53. The molecule has 1 aromatic carbocycles. The number of rotatable bonds is 7. The second kappa shape index (κ2) is 10.6. The number of amides is 2. The van der Waals surface area contributed by atoms with Gasteiger partial charge in [0.15, 0.2) is 5.82 Å². The first-order valence-corrected chi connectivity index (χ1v) is 12.6. The molecule has 2 aromatic heterocycles. The van der Waals surface area contributed by atoms with Crippen molar-refractivity contribution in [3.8, 4) is 6.07 Å². The lowest BCUT2D eigenvalue weighted by atomic mass is 9.91. The number of fused-ring (bicyclic) bond motifs is 1. The number of anilines is 3. The molecular weight excluding hydrogens is 454 g/mol. The maximum absolute atomic E-state index is 12.6. The van der Waals surface area contributed by atoms with Gasteiger partial charge in [0.2, 0.25) is 5.95 Å². The third-order valence-corrected chi connectivity index (χ3v) is 6.92. The smallest absolute Gasteiger partial charge is 0.315 e. The van der Waals surface area contributed by atoms with Crippen molar-refractivity contribution < 1.29 is 4.79 Å².